The molecular formula is C16H20N6O2. The fourth-order valence-electron chi connectivity index (χ4n) is 2.55. The minimum absolute atomic E-state index is 0.178. The van der Waals surface area contributed by atoms with Crippen molar-refractivity contribution in [3.05, 3.63) is 30.1 Å². The molecule has 3 rings (SSSR count). The molecule has 0 unspecified atom stereocenters. The third-order valence-corrected chi connectivity index (χ3v) is 3.77. The summed E-state index contributed by atoms with van der Waals surface area (Å²) in [6.45, 7) is 1.24. The molecule has 3 N–H and O–H groups in total. The Morgan fingerprint density at radius 3 is 2.88 bits per heavy atom. The topological polar surface area (TPSA) is 96.9 Å². The van der Waals surface area contributed by atoms with Crippen molar-refractivity contribution in [1.29, 1.82) is 0 Å². The Labute approximate surface area is 139 Å². The van der Waals surface area contributed by atoms with Gasteiger partial charge in [0.05, 0.1) is 24.4 Å². The number of hydrogen-bond acceptors (Lipinski definition) is 5. The zero-order valence-corrected chi connectivity index (χ0v) is 13.9. The number of aryl methyl sites for hydroxylation is 1. The molecule has 126 valence electrons. The highest BCUT2D eigenvalue weighted by molar-refractivity contribution is 6.04. The van der Waals surface area contributed by atoms with Gasteiger partial charge in [-0.1, -0.05) is 0 Å². The Balaban J connectivity index is 2.03. The van der Waals surface area contributed by atoms with E-state index in [-0.39, 0.29) is 5.91 Å². The Hall–Kier alpha value is -2.87. The number of H-pyrrole nitrogens is 1. The zero-order chi connectivity index (χ0) is 17.1. The van der Waals surface area contributed by atoms with Crippen molar-refractivity contribution in [2.24, 2.45) is 7.05 Å². The smallest absolute Gasteiger partial charge is 0.255 e. The van der Waals surface area contributed by atoms with Crippen LogP contribution in [-0.4, -0.2) is 53.1 Å². The fraction of sp³-hybridized carbons (Fsp3) is 0.312. The van der Waals surface area contributed by atoms with Crippen LogP contribution in [0.5, 0.6) is 5.75 Å². The maximum Gasteiger partial charge on any atom is 0.255 e. The van der Waals surface area contributed by atoms with E-state index in [4.69, 9.17) is 4.74 Å². The molecule has 1 aromatic carbocycles. The molecular weight excluding hydrogens is 308 g/mol. The van der Waals surface area contributed by atoms with Gasteiger partial charge in [0.1, 0.15) is 11.4 Å². The van der Waals surface area contributed by atoms with Crippen molar-refractivity contribution in [1.82, 2.24) is 30.6 Å². The first-order valence-electron chi connectivity index (χ1n) is 7.62. The maximum absolute atomic E-state index is 12.5. The minimum atomic E-state index is -0.178. The van der Waals surface area contributed by atoms with E-state index in [1.54, 1.807) is 30.1 Å². The first-order valence-corrected chi connectivity index (χ1v) is 7.62. The third-order valence-electron chi connectivity index (χ3n) is 3.77. The number of likely N-dealkylation sites (N-methyl/N-ethyl adjacent to an activating group) is 1. The van der Waals surface area contributed by atoms with E-state index in [0.717, 1.165) is 22.2 Å². The van der Waals surface area contributed by atoms with Crippen LogP contribution >= 0.6 is 0 Å². The van der Waals surface area contributed by atoms with Gasteiger partial charge in [-0.15, -0.1) is 0 Å². The van der Waals surface area contributed by atoms with Crippen LogP contribution in [-0.2, 0) is 7.05 Å². The summed E-state index contributed by atoms with van der Waals surface area (Å²) in [5.41, 5.74) is 2.92. The van der Waals surface area contributed by atoms with Gasteiger partial charge >= 0.3 is 0 Å². The maximum atomic E-state index is 12.5. The molecule has 0 aliphatic carbocycles. The van der Waals surface area contributed by atoms with Crippen molar-refractivity contribution in [2.75, 3.05) is 27.2 Å². The van der Waals surface area contributed by atoms with Crippen molar-refractivity contribution in [2.45, 2.75) is 0 Å². The molecule has 2 aromatic heterocycles. The number of ether oxygens (including phenoxy) is 1. The molecule has 2 heterocycles. The van der Waals surface area contributed by atoms with Gasteiger partial charge in [-0.25, -0.2) is 0 Å². The van der Waals surface area contributed by atoms with Crippen molar-refractivity contribution >= 4 is 16.8 Å². The van der Waals surface area contributed by atoms with Gasteiger partial charge in [0.2, 0.25) is 0 Å². The van der Waals surface area contributed by atoms with Crippen LogP contribution in [0.15, 0.2) is 24.5 Å². The second-order valence-corrected chi connectivity index (χ2v) is 5.43. The van der Waals surface area contributed by atoms with Crippen LogP contribution in [0.25, 0.3) is 22.2 Å². The monoisotopic (exact) mass is 328 g/mol. The molecule has 0 saturated carbocycles. The molecule has 3 aromatic rings. The number of aromatic amines is 1. The molecule has 0 saturated heterocycles. The molecule has 0 spiro atoms. The lowest BCUT2D eigenvalue weighted by Crippen LogP contribution is -2.30. The molecule has 0 atom stereocenters. The van der Waals surface area contributed by atoms with Crippen LogP contribution in [0.4, 0.5) is 0 Å². The van der Waals surface area contributed by atoms with Crippen molar-refractivity contribution < 1.29 is 9.53 Å². The number of nitrogens with zero attached hydrogens (tertiary/aromatic N) is 3. The van der Waals surface area contributed by atoms with E-state index in [0.29, 0.717) is 24.4 Å². The van der Waals surface area contributed by atoms with Gasteiger partial charge in [0, 0.05) is 43.4 Å². The predicted molar refractivity (Wildman–Crippen MR) is 91.1 cm³/mol. The lowest BCUT2D eigenvalue weighted by Gasteiger charge is -2.10. The number of rotatable bonds is 6. The van der Waals surface area contributed by atoms with Gasteiger partial charge < -0.3 is 15.4 Å². The van der Waals surface area contributed by atoms with Gasteiger partial charge in [0.15, 0.2) is 0 Å². The Bertz CT molecular complexity index is 867. The molecule has 0 aliphatic rings. The molecule has 0 aliphatic heterocycles. The van der Waals surface area contributed by atoms with E-state index >= 15 is 0 Å². The summed E-state index contributed by atoms with van der Waals surface area (Å²) >= 11 is 0. The molecule has 0 fully saturated rings. The quantitative estimate of drug-likeness (QED) is 0.585. The van der Waals surface area contributed by atoms with E-state index in [9.17, 15) is 4.79 Å². The lowest BCUT2D eigenvalue weighted by atomic mass is 10.1. The predicted octanol–water partition coefficient (Wildman–Crippen LogP) is 0.921. The Kier molecular flexibility index (Phi) is 4.48. The van der Waals surface area contributed by atoms with Gasteiger partial charge in [-0.2, -0.15) is 10.2 Å². The standard InChI is InChI=1S/C16H20N6O2/c1-17-4-5-18-16(23)12-6-11-13(7-14(12)24-3)20-21-15(11)10-8-19-22(2)9-10/h6-9,17H,4-5H2,1-3H3,(H,18,23)(H,20,21). The number of carbonyl (C=O) groups excluding carboxylic acids is 1. The average Bonchev–Trinajstić information content (AvgIpc) is 3.19. The van der Waals surface area contributed by atoms with Crippen molar-refractivity contribution in [3.63, 3.8) is 0 Å². The normalized spacial score (nSPS) is 11.0. The molecule has 8 nitrogen and oxygen atoms in total. The summed E-state index contributed by atoms with van der Waals surface area (Å²) < 4.78 is 7.07. The third kappa shape index (κ3) is 2.95. The number of hydrogen-bond donors (Lipinski definition) is 3. The van der Waals surface area contributed by atoms with Gasteiger partial charge in [-0.3, -0.25) is 14.6 Å². The second kappa shape index (κ2) is 6.71. The van der Waals surface area contributed by atoms with Crippen LogP contribution in [0.2, 0.25) is 0 Å². The highest BCUT2D eigenvalue weighted by atomic mass is 16.5. The minimum Gasteiger partial charge on any atom is -0.496 e. The van der Waals surface area contributed by atoms with Crippen LogP contribution in [0, 0.1) is 0 Å². The summed E-state index contributed by atoms with van der Waals surface area (Å²) in [5, 5.41) is 18.2. The second-order valence-electron chi connectivity index (χ2n) is 5.43. The molecule has 1 amide bonds. The van der Waals surface area contributed by atoms with E-state index in [1.807, 2.05) is 20.3 Å². The first-order chi connectivity index (χ1) is 11.6. The van der Waals surface area contributed by atoms with Crippen LogP contribution < -0.4 is 15.4 Å². The number of methoxy groups -OCH3 is 1. The van der Waals surface area contributed by atoms with Gasteiger partial charge in [0.25, 0.3) is 5.91 Å². The summed E-state index contributed by atoms with van der Waals surface area (Å²) in [6.07, 6.45) is 3.62. The molecule has 0 bridgehead atoms. The Morgan fingerprint density at radius 2 is 2.21 bits per heavy atom. The molecule has 24 heavy (non-hydrogen) atoms. The summed E-state index contributed by atoms with van der Waals surface area (Å²) in [4.78, 5) is 12.5. The van der Waals surface area contributed by atoms with Crippen molar-refractivity contribution in [3.8, 4) is 17.0 Å². The highest BCUT2D eigenvalue weighted by Crippen LogP contribution is 2.31. The number of nitrogens with one attached hydrogen (secondary N) is 3. The lowest BCUT2D eigenvalue weighted by molar-refractivity contribution is 0.0951. The summed E-state index contributed by atoms with van der Waals surface area (Å²) in [7, 11) is 5.23. The zero-order valence-electron chi connectivity index (χ0n) is 13.9. The number of aromatic nitrogens is 4. The van der Waals surface area contributed by atoms with Crippen LogP contribution in [0.3, 0.4) is 0 Å². The average molecular weight is 328 g/mol. The number of benzene rings is 1. The van der Waals surface area contributed by atoms with Crippen LogP contribution in [0.1, 0.15) is 10.4 Å². The number of amides is 1. The van der Waals surface area contributed by atoms with Gasteiger partial charge in [-0.05, 0) is 13.1 Å². The Morgan fingerprint density at radius 1 is 1.38 bits per heavy atom. The van der Waals surface area contributed by atoms with E-state index in [2.05, 4.69) is 25.9 Å². The summed E-state index contributed by atoms with van der Waals surface area (Å²) in [6, 6.07) is 3.59. The number of carbonyl (C=O) groups is 1. The largest absolute Gasteiger partial charge is 0.496 e. The van der Waals surface area contributed by atoms with E-state index < -0.39 is 0 Å². The molecule has 8 heteroatoms. The fourth-order valence-corrected chi connectivity index (χ4v) is 2.55. The highest BCUT2D eigenvalue weighted by Gasteiger charge is 2.17. The molecule has 0 radical (unpaired) electrons. The van der Waals surface area contributed by atoms with E-state index in [1.165, 1.54) is 0 Å². The summed E-state index contributed by atoms with van der Waals surface area (Å²) in [5.74, 6) is 0.327. The first kappa shape index (κ1) is 16.0. The SMILES string of the molecule is CNCCNC(=O)c1cc2c(-c3cnn(C)c3)n[nH]c2cc1OC. The number of fused-ring (bicyclic) bond motifs is 1.